The van der Waals surface area contributed by atoms with E-state index in [0.717, 1.165) is 42.0 Å². The summed E-state index contributed by atoms with van der Waals surface area (Å²) in [5, 5.41) is 10.9. The van der Waals surface area contributed by atoms with Crippen LogP contribution in [-0.2, 0) is 33.5 Å². The van der Waals surface area contributed by atoms with E-state index in [1.54, 1.807) is 19.3 Å². The molecule has 1 saturated carbocycles. The minimum absolute atomic E-state index is 0.108. The summed E-state index contributed by atoms with van der Waals surface area (Å²) in [5.74, 6) is -1.00. The quantitative estimate of drug-likeness (QED) is 0.258. The van der Waals surface area contributed by atoms with Crippen LogP contribution in [0.15, 0.2) is 36.7 Å². The van der Waals surface area contributed by atoms with Gasteiger partial charge in [-0.05, 0) is 80.3 Å². The number of carbonyl (C=O) groups is 4. The Bertz CT molecular complexity index is 2130. The third-order valence-corrected chi connectivity index (χ3v) is 10.9. The molecular weight excluding hydrogens is 689 g/mol. The van der Waals surface area contributed by atoms with Gasteiger partial charge in [0.2, 0.25) is 17.7 Å². The second-order valence-electron chi connectivity index (χ2n) is 14.9. The number of hydrogen-bond donors (Lipinski definition) is 2. The smallest absolute Gasteiger partial charge is 0.355 e. The van der Waals surface area contributed by atoms with Gasteiger partial charge in [0, 0.05) is 54.7 Å². The van der Waals surface area contributed by atoms with Crippen molar-refractivity contribution in [3.05, 3.63) is 65.0 Å². The van der Waals surface area contributed by atoms with Gasteiger partial charge in [0.25, 0.3) is 0 Å². The summed E-state index contributed by atoms with van der Waals surface area (Å²) in [7, 11) is 0. The highest BCUT2D eigenvalue weighted by atomic mass is 19.4. The van der Waals surface area contributed by atoms with Gasteiger partial charge in [-0.15, -0.1) is 0 Å². The van der Waals surface area contributed by atoms with E-state index < -0.39 is 41.2 Å². The molecule has 5 heterocycles. The number of ketones is 1. The molecule has 3 aromatic heterocycles. The fraction of sp³-hybridized carbons (Fsp3) is 0.474. The number of hydrogen-bond acceptors (Lipinski definition) is 8. The number of aryl methyl sites for hydroxylation is 3. The van der Waals surface area contributed by atoms with E-state index in [9.17, 15) is 32.3 Å². The third-order valence-electron chi connectivity index (χ3n) is 10.9. The first kappa shape index (κ1) is 36.2. The second kappa shape index (κ2) is 13.6. The summed E-state index contributed by atoms with van der Waals surface area (Å²) >= 11 is 0. The van der Waals surface area contributed by atoms with Crippen molar-refractivity contribution in [1.82, 2.24) is 34.9 Å². The third kappa shape index (κ3) is 7.12. The molecule has 2 aliphatic heterocycles. The van der Waals surface area contributed by atoms with Gasteiger partial charge >= 0.3 is 6.18 Å². The van der Waals surface area contributed by atoms with Crippen LogP contribution in [0.2, 0.25) is 0 Å². The molecule has 15 heteroatoms. The molecule has 1 saturated heterocycles. The lowest BCUT2D eigenvalue weighted by Crippen LogP contribution is -2.47. The van der Waals surface area contributed by atoms with E-state index in [1.807, 2.05) is 19.1 Å². The Labute approximate surface area is 304 Å². The van der Waals surface area contributed by atoms with Crippen molar-refractivity contribution in [3.8, 4) is 11.1 Å². The Morgan fingerprint density at radius 2 is 1.79 bits per heavy atom. The topological polar surface area (TPSA) is 152 Å². The maximum Gasteiger partial charge on any atom is 0.433 e. The van der Waals surface area contributed by atoms with Crippen LogP contribution < -0.4 is 10.6 Å². The zero-order valence-corrected chi connectivity index (χ0v) is 30.0. The number of aromatic nitrogens is 5. The lowest BCUT2D eigenvalue weighted by atomic mass is 9.94. The van der Waals surface area contributed by atoms with E-state index in [2.05, 4.69) is 30.7 Å². The predicted molar refractivity (Wildman–Crippen MR) is 189 cm³/mol. The van der Waals surface area contributed by atoms with Crippen molar-refractivity contribution in [3.63, 3.8) is 0 Å². The fourth-order valence-corrected chi connectivity index (χ4v) is 7.94. The number of benzene rings is 1. The SMILES string of the molecule is CC(=O)c1nn2c3c(cc(-c4cnc(C)nc4)cc13)CCCC[C@H](C)CC(=O)NC[C@@]13C[C@@H](C(=O)Nc4nc(C(F)(F)F)ccc4C)N(C(=O)C2)[C@@H]1C3. The summed E-state index contributed by atoms with van der Waals surface area (Å²) in [4.78, 5) is 68.3. The monoisotopic (exact) mass is 730 g/mol. The highest BCUT2D eigenvalue weighted by Gasteiger charge is 2.67. The van der Waals surface area contributed by atoms with Gasteiger partial charge in [0.15, 0.2) is 5.78 Å². The van der Waals surface area contributed by atoms with Gasteiger partial charge < -0.3 is 15.5 Å². The van der Waals surface area contributed by atoms with Gasteiger partial charge in [-0.25, -0.2) is 15.0 Å². The molecule has 1 aliphatic carbocycles. The molecule has 0 spiro atoms. The van der Waals surface area contributed by atoms with Gasteiger partial charge in [-0.2, -0.15) is 18.3 Å². The van der Waals surface area contributed by atoms with Crippen LogP contribution in [0.25, 0.3) is 22.0 Å². The van der Waals surface area contributed by atoms with E-state index >= 15 is 0 Å². The second-order valence-corrected chi connectivity index (χ2v) is 14.9. The number of pyridine rings is 1. The number of carbonyl (C=O) groups excluding carboxylic acids is 4. The molecule has 3 amide bonds. The molecule has 0 radical (unpaired) electrons. The summed E-state index contributed by atoms with van der Waals surface area (Å²) in [6.45, 7) is 6.76. The highest BCUT2D eigenvalue weighted by molar-refractivity contribution is 6.07. The van der Waals surface area contributed by atoms with E-state index in [4.69, 9.17) is 0 Å². The molecular formula is C38H41F3N8O4. The van der Waals surface area contributed by atoms with Crippen molar-refractivity contribution in [2.24, 2.45) is 11.3 Å². The number of rotatable bonds is 4. The van der Waals surface area contributed by atoms with E-state index in [-0.39, 0.29) is 48.6 Å². The number of piperidine rings is 1. The molecule has 3 aliphatic rings. The number of Topliss-reactive ketones (excluding diaryl/α,β-unsaturated/α-hetero) is 1. The Morgan fingerprint density at radius 1 is 1.04 bits per heavy atom. The molecule has 278 valence electrons. The first-order chi connectivity index (χ1) is 25.1. The van der Waals surface area contributed by atoms with Crippen molar-refractivity contribution in [2.75, 3.05) is 11.9 Å². The number of alkyl halides is 3. The van der Waals surface area contributed by atoms with Crippen molar-refractivity contribution in [2.45, 2.75) is 97.4 Å². The number of nitrogens with one attached hydrogen (secondary N) is 2. The lowest BCUT2D eigenvalue weighted by molar-refractivity contribution is -0.141. The van der Waals surface area contributed by atoms with Gasteiger partial charge in [-0.1, -0.05) is 25.8 Å². The van der Waals surface area contributed by atoms with Crippen LogP contribution in [0.1, 0.15) is 85.5 Å². The minimum Gasteiger partial charge on any atom is -0.355 e. The normalized spacial score (nSPS) is 23.7. The van der Waals surface area contributed by atoms with Crippen LogP contribution in [0.3, 0.4) is 0 Å². The van der Waals surface area contributed by atoms with Crippen LogP contribution in [0.5, 0.6) is 0 Å². The van der Waals surface area contributed by atoms with Crippen LogP contribution in [0.4, 0.5) is 19.0 Å². The van der Waals surface area contributed by atoms with Crippen LogP contribution >= 0.6 is 0 Å². The highest BCUT2D eigenvalue weighted by Crippen LogP contribution is 2.59. The number of nitrogens with zero attached hydrogens (tertiary/aromatic N) is 6. The van der Waals surface area contributed by atoms with Gasteiger partial charge in [0.1, 0.15) is 35.6 Å². The first-order valence-electron chi connectivity index (χ1n) is 17.9. The predicted octanol–water partition coefficient (Wildman–Crippen LogP) is 5.59. The molecule has 2 bridgehead atoms. The summed E-state index contributed by atoms with van der Waals surface area (Å²) < 4.78 is 42.1. The molecule has 1 aromatic carbocycles. The summed E-state index contributed by atoms with van der Waals surface area (Å²) in [5.41, 5.74) is 1.89. The Morgan fingerprint density at radius 3 is 2.51 bits per heavy atom. The van der Waals surface area contributed by atoms with Gasteiger partial charge in [-0.3, -0.25) is 23.9 Å². The van der Waals surface area contributed by atoms with Crippen molar-refractivity contribution in [1.29, 1.82) is 0 Å². The minimum atomic E-state index is -4.72. The molecule has 4 atom stereocenters. The van der Waals surface area contributed by atoms with E-state index in [0.29, 0.717) is 41.6 Å². The molecule has 0 unspecified atom stereocenters. The Kier molecular flexibility index (Phi) is 9.31. The summed E-state index contributed by atoms with van der Waals surface area (Å²) in [6, 6.07) is 4.51. The number of halogens is 3. The zero-order chi connectivity index (χ0) is 37.8. The lowest BCUT2D eigenvalue weighted by Gasteiger charge is -2.27. The van der Waals surface area contributed by atoms with Crippen LogP contribution in [-0.4, -0.2) is 71.8 Å². The molecule has 2 N–H and O–H groups in total. The Balaban J connectivity index is 1.29. The van der Waals surface area contributed by atoms with Gasteiger partial charge in [0.05, 0.1) is 5.52 Å². The molecule has 2 fully saturated rings. The first-order valence-corrected chi connectivity index (χ1v) is 17.9. The Hall–Kier alpha value is -5.21. The largest absolute Gasteiger partial charge is 0.433 e. The molecule has 7 rings (SSSR count). The average molecular weight is 731 g/mol. The van der Waals surface area contributed by atoms with Crippen LogP contribution in [0, 0.1) is 25.2 Å². The average Bonchev–Trinajstić information content (AvgIpc) is 3.51. The molecule has 53 heavy (non-hydrogen) atoms. The van der Waals surface area contributed by atoms with E-state index in [1.165, 1.54) is 29.5 Å². The standard InChI is InChI=1S/C38H41F3N8O4/c1-20-7-5-6-8-24-12-25(26-16-42-23(4)43-17-26)13-27-33(22(3)50)47-48(34(24)27)18-32(52)49-28(14-37(15-30(37)49)19-44-31(51)11-20)36(53)46-35-21(2)9-10-29(45-35)38(39,40)41/h9-10,12-13,16-17,20,28,30H,5-8,11,14-15,18-19H2,1-4H3,(H,44,51)(H,45,46,53)/t20-,28-,30+,37-/m0/s1. The molecule has 12 nitrogen and oxygen atoms in total. The summed E-state index contributed by atoms with van der Waals surface area (Å²) in [6.07, 6.45) is 2.88. The van der Waals surface area contributed by atoms with Crippen molar-refractivity contribution >= 4 is 40.2 Å². The fourth-order valence-electron chi connectivity index (χ4n) is 7.94. The zero-order valence-electron chi connectivity index (χ0n) is 30.0. The maximum atomic E-state index is 14.5. The molecule has 4 aromatic rings. The number of amides is 3. The maximum absolute atomic E-state index is 14.5. The number of anilines is 1. The van der Waals surface area contributed by atoms with Crippen molar-refractivity contribution < 1.29 is 32.3 Å².